The van der Waals surface area contributed by atoms with Gasteiger partial charge in [0.1, 0.15) is 5.75 Å². The zero-order valence-electron chi connectivity index (χ0n) is 7.57. The Labute approximate surface area is 80.5 Å². The quantitative estimate of drug-likeness (QED) is 0.438. The van der Waals surface area contributed by atoms with Crippen molar-refractivity contribution >= 4 is 17.5 Å². The van der Waals surface area contributed by atoms with Crippen LogP contribution in [0.2, 0.25) is 0 Å². The molecule has 0 aliphatic heterocycles. The van der Waals surface area contributed by atoms with E-state index < -0.39 is 11.8 Å². The molecule has 14 heavy (non-hydrogen) atoms. The molecule has 1 aromatic rings. The van der Waals surface area contributed by atoms with Crippen LogP contribution in [0, 0.1) is 6.92 Å². The number of aromatic hydroxyl groups is 1. The third kappa shape index (κ3) is 2.22. The van der Waals surface area contributed by atoms with Gasteiger partial charge in [0.05, 0.1) is 5.69 Å². The Hall–Kier alpha value is -2.04. The van der Waals surface area contributed by atoms with E-state index >= 15 is 0 Å². The predicted molar refractivity (Wildman–Crippen MR) is 50.7 cm³/mol. The van der Waals surface area contributed by atoms with E-state index in [0.717, 1.165) is 5.56 Å². The van der Waals surface area contributed by atoms with Crippen LogP contribution >= 0.6 is 0 Å². The molecular formula is C9H10N2O3. The molecule has 0 atom stereocenters. The number of hydrogen-bond donors (Lipinski definition) is 3. The number of amides is 2. The summed E-state index contributed by atoms with van der Waals surface area (Å²) in [5.41, 5.74) is 5.76. The van der Waals surface area contributed by atoms with E-state index in [9.17, 15) is 14.7 Å². The number of carbonyl (C=O) groups excluding carboxylic acids is 2. The molecule has 0 fully saturated rings. The molecule has 0 aliphatic rings. The number of hydrogen-bond acceptors (Lipinski definition) is 3. The second kappa shape index (κ2) is 3.78. The van der Waals surface area contributed by atoms with Crippen LogP contribution < -0.4 is 11.1 Å². The molecule has 0 aliphatic carbocycles. The first-order valence-corrected chi connectivity index (χ1v) is 3.91. The van der Waals surface area contributed by atoms with E-state index in [1.165, 1.54) is 12.1 Å². The van der Waals surface area contributed by atoms with E-state index in [-0.39, 0.29) is 11.4 Å². The summed E-state index contributed by atoms with van der Waals surface area (Å²) >= 11 is 0. The number of phenolic OH excluding ortho intramolecular Hbond substituents is 1. The van der Waals surface area contributed by atoms with Crippen molar-refractivity contribution in [2.24, 2.45) is 5.73 Å². The van der Waals surface area contributed by atoms with Gasteiger partial charge in [0, 0.05) is 0 Å². The lowest BCUT2D eigenvalue weighted by atomic mass is 10.2. The van der Waals surface area contributed by atoms with Crippen molar-refractivity contribution in [2.45, 2.75) is 6.92 Å². The Bertz CT molecular complexity index is 388. The van der Waals surface area contributed by atoms with Crippen LogP contribution in [0.5, 0.6) is 5.75 Å². The first-order chi connectivity index (χ1) is 6.50. The van der Waals surface area contributed by atoms with E-state index in [2.05, 4.69) is 5.32 Å². The van der Waals surface area contributed by atoms with Gasteiger partial charge in [-0.2, -0.15) is 0 Å². The number of carbonyl (C=O) groups is 2. The molecule has 5 heteroatoms. The number of anilines is 1. The van der Waals surface area contributed by atoms with Gasteiger partial charge in [-0.25, -0.2) is 0 Å². The smallest absolute Gasteiger partial charge is 0.313 e. The zero-order valence-corrected chi connectivity index (χ0v) is 7.57. The molecule has 0 aromatic heterocycles. The second-order valence-electron chi connectivity index (χ2n) is 2.84. The predicted octanol–water partition coefficient (Wildman–Crippen LogP) is 0.124. The van der Waals surface area contributed by atoms with Gasteiger partial charge in [0.2, 0.25) is 0 Å². The maximum atomic E-state index is 10.9. The molecule has 0 bridgehead atoms. The molecule has 0 spiro atoms. The lowest BCUT2D eigenvalue weighted by Gasteiger charge is -2.05. The normalized spacial score (nSPS) is 9.50. The van der Waals surface area contributed by atoms with Gasteiger partial charge in [-0.15, -0.1) is 0 Å². The maximum absolute atomic E-state index is 10.9. The van der Waals surface area contributed by atoms with Crippen LogP contribution in [0.3, 0.4) is 0 Å². The molecule has 0 unspecified atom stereocenters. The average molecular weight is 194 g/mol. The Morgan fingerprint density at radius 1 is 1.43 bits per heavy atom. The summed E-state index contributed by atoms with van der Waals surface area (Å²) < 4.78 is 0. The topological polar surface area (TPSA) is 92.4 Å². The zero-order chi connectivity index (χ0) is 10.7. The van der Waals surface area contributed by atoms with Crippen LogP contribution in [0.1, 0.15) is 5.56 Å². The fourth-order valence-corrected chi connectivity index (χ4v) is 0.934. The van der Waals surface area contributed by atoms with Crippen LogP contribution in [0.15, 0.2) is 18.2 Å². The molecule has 1 aromatic carbocycles. The van der Waals surface area contributed by atoms with Gasteiger partial charge in [-0.3, -0.25) is 9.59 Å². The molecule has 5 nitrogen and oxygen atoms in total. The van der Waals surface area contributed by atoms with Crippen LogP contribution in [-0.4, -0.2) is 16.9 Å². The minimum Gasteiger partial charge on any atom is -0.506 e. The molecule has 0 saturated heterocycles. The summed E-state index contributed by atoms with van der Waals surface area (Å²) in [5, 5.41) is 11.5. The van der Waals surface area contributed by atoms with Crippen molar-refractivity contribution in [2.75, 3.05) is 5.32 Å². The first kappa shape index (κ1) is 10.0. The highest BCUT2D eigenvalue weighted by molar-refractivity contribution is 6.39. The average Bonchev–Trinajstić information content (AvgIpc) is 2.11. The summed E-state index contributed by atoms with van der Waals surface area (Å²) in [6, 6.07) is 4.64. The summed E-state index contributed by atoms with van der Waals surface area (Å²) in [5.74, 6) is -2.15. The SMILES string of the molecule is Cc1ccc(O)c(NC(=O)C(N)=O)c1. The highest BCUT2D eigenvalue weighted by atomic mass is 16.3. The van der Waals surface area contributed by atoms with Crippen molar-refractivity contribution < 1.29 is 14.7 Å². The van der Waals surface area contributed by atoms with Gasteiger partial charge in [0.25, 0.3) is 0 Å². The summed E-state index contributed by atoms with van der Waals surface area (Å²) in [7, 11) is 0. The highest BCUT2D eigenvalue weighted by Crippen LogP contribution is 2.23. The van der Waals surface area contributed by atoms with E-state index in [1.807, 2.05) is 0 Å². The van der Waals surface area contributed by atoms with Crippen molar-refractivity contribution in [1.82, 2.24) is 0 Å². The summed E-state index contributed by atoms with van der Waals surface area (Å²) in [6.45, 7) is 1.79. The van der Waals surface area contributed by atoms with Crippen LogP contribution in [0.4, 0.5) is 5.69 Å². The Morgan fingerprint density at radius 3 is 2.64 bits per heavy atom. The van der Waals surface area contributed by atoms with Crippen molar-refractivity contribution in [3.63, 3.8) is 0 Å². The minimum absolute atomic E-state index is 0.106. The fraction of sp³-hybridized carbons (Fsp3) is 0.111. The second-order valence-corrected chi connectivity index (χ2v) is 2.84. The lowest BCUT2D eigenvalue weighted by molar-refractivity contribution is -0.134. The Kier molecular flexibility index (Phi) is 2.71. The molecule has 4 N–H and O–H groups in total. The van der Waals surface area contributed by atoms with E-state index in [4.69, 9.17) is 5.73 Å². The van der Waals surface area contributed by atoms with Gasteiger partial charge in [-0.1, -0.05) is 6.07 Å². The van der Waals surface area contributed by atoms with Gasteiger partial charge < -0.3 is 16.2 Å². The number of primary amides is 1. The number of rotatable bonds is 1. The van der Waals surface area contributed by atoms with E-state index in [1.54, 1.807) is 13.0 Å². The molecule has 0 radical (unpaired) electrons. The van der Waals surface area contributed by atoms with Crippen molar-refractivity contribution in [3.05, 3.63) is 23.8 Å². The largest absolute Gasteiger partial charge is 0.506 e. The number of phenols is 1. The van der Waals surface area contributed by atoms with Gasteiger partial charge in [-0.05, 0) is 24.6 Å². The molecule has 1 rings (SSSR count). The summed E-state index contributed by atoms with van der Waals surface area (Å²) in [4.78, 5) is 21.3. The number of aryl methyl sites for hydroxylation is 1. The standard InChI is InChI=1S/C9H10N2O3/c1-5-2-3-7(12)6(4-5)11-9(14)8(10)13/h2-4,12H,1H3,(H2,10,13)(H,11,14). The highest BCUT2D eigenvalue weighted by Gasteiger charge is 2.10. The molecule has 2 amide bonds. The van der Waals surface area contributed by atoms with Gasteiger partial charge >= 0.3 is 11.8 Å². The van der Waals surface area contributed by atoms with Gasteiger partial charge in [0.15, 0.2) is 0 Å². The molecule has 0 saturated carbocycles. The first-order valence-electron chi connectivity index (χ1n) is 3.91. The van der Waals surface area contributed by atoms with E-state index in [0.29, 0.717) is 0 Å². The Morgan fingerprint density at radius 2 is 2.07 bits per heavy atom. The van der Waals surface area contributed by atoms with Crippen molar-refractivity contribution in [3.8, 4) is 5.75 Å². The van der Waals surface area contributed by atoms with Crippen molar-refractivity contribution in [1.29, 1.82) is 0 Å². The minimum atomic E-state index is -1.09. The number of nitrogens with two attached hydrogens (primary N) is 1. The third-order valence-electron chi connectivity index (χ3n) is 1.62. The molecule has 74 valence electrons. The lowest BCUT2D eigenvalue weighted by Crippen LogP contribution is -2.29. The molecular weight excluding hydrogens is 184 g/mol. The molecule has 0 heterocycles. The third-order valence-corrected chi connectivity index (χ3v) is 1.62. The maximum Gasteiger partial charge on any atom is 0.313 e. The Balaban J connectivity index is 2.91. The van der Waals surface area contributed by atoms with Crippen LogP contribution in [0.25, 0.3) is 0 Å². The number of nitrogens with one attached hydrogen (secondary N) is 1. The monoisotopic (exact) mass is 194 g/mol. The number of benzene rings is 1. The van der Waals surface area contributed by atoms with Crippen LogP contribution in [-0.2, 0) is 9.59 Å². The summed E-state index contributed by atoms with van der Waals surface area (Å²) in [6.07, 6.45) is 0. The fourth-order valence-electron chi connectivity index (χ4n) is 0.934.